The highest BCUT2D eigenvalue weighted by molar-refractivity contribution is 7.11. The average Bonchev–Trinajstić information content (AvgIpc) is 2.69. The molecule has 3 nitrogen and oxygen atoms in total. The molecule has 1 aliphatic rings. The van der Waals surface area contributed by atoms with E-state index in [2.05, 4.69) is 31.3 Å². The van der Waals surface area contributed by atoms with Gasteiger partial charge >= 0.3 is 0 Å². The molecule has 0 saturated carbocycles. The summed E-state index contributed by atoms with van der Waals surface area (Å²) in [6, 6.07) is 4.60. The first-order valence-electron chi connectivity index (χ1n) is 8.16. The third-order valence-electron chi connectivity index (χ3n) is 4.13. The molecule has 2 rings (SSSR count). The Morgan fingerprint density at radius 3 is 2.48 bits per heavy atom. The van der Waals surface area contributed by atoms with Crippen LogP contribution >= 0.6 is 11.3 Å². The Morgan fingerprint density at radius 2 is 1.90 bits per heavy atom. The average molecular weight is 308 g/mol. The highest BCUT2D eigenvalue weighted by Gasteiger charge is 2.22. The fraction of sp³-hybridized carbons (Fsp3) is 0.706. The lowest BCUT2D eigenvalue weighted by molar-refractivity contribution is -0.133. The van der Waals surface area contributed by atoms with Crippen LogP contribution in [0.25, 0.3) is 0 Å². The van der Waals surface area contributed by atoms with E-state index in [0.29, 0.717) is 6.04 Å². The van der Waals surface area contributed by atoms with Crippen molar-refractivity contribution in [3.8, 4) is 0 Å². The molecule has 1 fully saturated rings. The van der Waals surface area contributed by atoms with Crippen molar-refractivity contribution in [2.45, 2.75) is 65.0 Å². The summed E-state index contributed by atoms with van der Waals surface area (Å²) in [4.78, 5) is 17.3. The molecule has 0 radical (unpaired) electrons. The van der Waals surface area contributed by atoms with Crippen molar-refractivity contribution in [2.75, 3.05) is 13.1 Å². The summed E-state index contributed by atoms with van der Waals surface area (Å²) in [5, 5.41) is 3.47. The number of hydrogen-bond donors (Lipinski definition) is 1. The number of hydrogen-bond acceptors (Lipinski definition) is 3. The zero-order valence-corrected chi connectivity index (χ0v) is 14.3. The molecule has 4 heteroatoms. The standard InChI is InChI=1S/C17H28N2OS/c1-13(12-16-9-8-14(2)21-16)18-15(3)17(20)19-10-6-4-5-7-11-19/h8-9,13,15,18H,4-7,10-12H2,1-3H3. The van der Waals surface area contributed by atoms with Crippen LogP contribution in [0.5, 0.6) is 0 Å². The van der Waals surface area contributed by atoms with Gasteiger partial charge in [-0.05, 0) is 52.2 Å². The van der Waals surface area contributed by atoms with Gasteiger partial charge in [0.1, 0.15) is 0 Å². The van der Waals surface area contributed by atoms with Gasteiger partial charge in [0.2, 0.25) is 5.91 Å². The number of amides is 1. The molecule has 0 spiro atoms. The molecule has 1 aliphatic heterocycles. The molecule has 2 unspecified atom stereocenters. The number of rotatable bonds is 5. The molecule has 0 aliphatic carbocycles. The van der Waals surface area contributed by atoms with E-state index in [1.807, 2.05) is 23.2 Å². The monoisotopic (exact) mass is 308 g/mol. The van der Waals surface area contributed by atoms with E-state index in [1.54, 1.807) is 0 Å². The third-order valence-corrected chi connectivity index (χ3v) is 5.15. The first-order chi connectivity index (χ1) is 10.1. The van der Waals surface area contributed by atoms with E-state index in [4.69, 9.17) is 0 Å². The van der Waals surface area contributed by atoms with Gasteiger partial charge in [-0.3, -0.25) is 4.79 Å². The number of carbonyl (C=O) groups excluding carboxylic acids is 1. The lowest BCUT2D eigenvalue weighted by atomic mass is 10.1. The highest BCUT2D eigenvalue weighted by atomic mass is 32.1. The van der Waals surface area contributed by atoms with Crippen LogP contribution in [0.4, 0.5) is 0 Å². The first kappa shape index (κ1) is 16.5. The number of thiophene rings is 1. The van der Waals surface area contributed by atoms with E-state index < -0.39 is 0 Å². The maximum absolute atomic E-state index is 12.5. The Labute approximate surface area is 132 Å². The molecule has 1 N–H and O–H groups in total. The summed E-state index contributed by atoms with van der Waals surface area (Å²) in [5.41, 5.74) is 0. The first-order valence-corrected chi connectivity index (χ1v) is 8.98. The van der Waals surface area contributed by atoms with E-state index in [9.17, 15) is 4.79 Å². The van der Waals surface area contributed by atoms with E-state index in [0.717, 1.165) is 32.4 Å². The van der Waals surface area contributed by atoms with Crippen LogP contribution in [0.2, 0.25) is 0 Å². The summed E-state index contributed by atoms with van der Waals surface area (Å²) in [7, 11) is 0. The van der Waals surface area contributed by atoms with Crippen LogP contribution in [0.1, 0.15) is 49.3 Å². The molecule has 1 amide bonds. The quantitative estimate of drug-likeness (QED) is 0.904. The summed E-state index contributed by atoms with van der Waals surface area (Å²) in [6.07, 6.45) is 5.83. The van der Waals surface area contributed by atoms with Gasteiger partial charge < -0.3 is 10.2 Å². The van der Waals surface area contributed by atoms with Crippen molar-refractivity contribution in [3.05, 3.63) is 21.9 Å². The van der Waals surface area contributed by atoms with Crippen molar-refractivity contribution in [1.29, 1.82) is 0 Å². The number of carbonyl (C=O) groups is 1. The maximum Gasteiger partial charge on any atom is 0.239 e. The SMILES string of the molecule is Cc1ccc(CC(C)NC(C)C(=O)N2CCCCCC2)s1. The Kier molecular flexibility index (Phi) is 6.24. The number of aryl methyl sites for hydroxylation is 1. The lowest BCUT2D eigenvalue weighted by Crippen LogP contribution is -2.48. The van der Waals surface area contributed by atoms with Crippen molar-refractivity contribution in [2.24, 2.45) is 0 Å². The van der Waals surface area contributed by atoms with E-state index in [1.165, 1.54) is 22.6 Å². The largest absolute Gasteiger partial charge is 0.341 e. The fourth-order valence-corrected chi connectivity index (χ4v) is 4.04. The molecule has 2 atom stereocenters. The van der Waals surface area contributed by atoms with Gasteiger partial charge in [-0.15, -0.1) is 11.3 Å². The van der Waals surface area contributed by atoms with E-state index in [-0.39, 0.29) is 11.9 Å². The van der Waals surface area contributed by atoms with Crippen molar-refractivity contribution >= 4 is 17.2 Å². The molecular formula is C17H28N2OS. The molecular weight excluding hydrogens is 280 g/mol. The van der Waals surface area contributed by atoms with Gasteiger partial charge in [-0.2, -0.15) is 0 Å². The summed E-state index contributed by atoms with van der Waals surface area (Å²) < 4.78 is 0. The maximum atomic E-state index is 12.5. The summed E-state index contributed by atoms with van der Waals surface area (Å²) >= 11 is 1.85. The van der Waals surface area contributed by atoms with Crippen molar-refractivity contribution in [3.63, 3.8) is 0 Å². The minimum Gasteiger partial charge on any atom is -0.341 e. The molecule has 0 bridgehead atoms. The van der Waals surface area contributed by atoms with Crippen LogP contribution in [0.3, 0.4) is 0 Å². The van der Waals surface area contributed by atoms with Crippen LogP contribution in [-0.2, 0) is 11.2 Å². The second-order valence-electron chi connectivity index (χ2n) is 6.25. The lowest BCUT2D eigenvalue weighted by Gasteiger charge is -2.26. The van der Waals surface area contributed by atoms with Crippen molar-refractivity contribution in [1.82, 2.24) is 10.2 Å². The van der Waals surface area contributed by atoms with Gasteiger partial charge in [-0.25, -0.2) is 0 Å². The Bertz CT molecular complexity index is 449. The molecule has 2 heterocycles. The second-order valence-corrected chi connectivity index (χ2v) is 7.62. The third kappa shape index (κ3) is 5.11. The zero-order chi connectivity index (χ0) is 15.2. The summed E-state index contributed by atoms with van der Waals surface area (Å²) in [6.45, 7) is 8.18. The number of nitrogens with one attached hydrogen (secondary N) is 1. The Balaban J connectivity index is 1.81. The van der Waals surface area contributed by atoms with Gasteiger partial charge in [0.05, 0.1) is 6.04 Å². The molecule has 1 saturated heterocycles. The molecule has 1 aromatic rings. The fourth-order valence-electron chi connectivity index (χ4n) is 3.02. The van der Waals surface area contributed by atoms with Gasteiger partial charge in [0.15, 0.2) is 0 Å². The van der Waals surface area contributed by atoms with Crippen LogP contribution in [0, 0.1) is 6.92 Å². The molecule has 118 valence electrons. The topological polar surface area (TPSA) is 32.3 Å². The Hall–Kier alpha value is -0.870. The zero-order valence-electron chi connectivity index (χ0n) is 13.5. The van der Waals surface area contributed by atoms with Crippen molar-refractivity contribution < 1.29 is 4.79 Å². The van der Waals surface area contributed by atoms with Crippen LogP contribution in [-0.4, -0.2) is 36.0 Å². The normalized spacial score (nSPS) is 19.1. The number of likely N-dealkylation sites (tertiary alicyclic amines) is 1. The Morgan fingerprint density at radius 1 is 1.24 bits per heavy atom. The van der Waals surface area contributed by atoms with Crippen LogP contribution < -0.4 is 5.32 Å². The number of nitrogens with zero attached hydrogens (tertiary/aromatic N) is 1. The molecule has 21 heavy (non-hydrogen) atoms. The predicted molar refractivity (Wildman–Crippen MR) is 89.9 cm³/mol. The second kappa shape index (κ2) is 7.95. The predicted octanol–water partition coefficient (Wildman–Crippen LogP) is 3.37. The molecule has 1 aromatic heterocycles. The summed E-state index contributed by atoms with van der Waals surface area (Å²) in [5.74, 6) is 0.270. The van der Waals surface area contributed by atoms with Gasteiger partial charge in [0.25, 0.3) is 0 Å². The van der Waals surface area contributed by atoms with E-state index >= 15 is 0 Å². The smallest absolute Gasteiger partial charge is 0.239 e. The minimum atomic E-state index is -0.0841. The van der Waals surface area contributed by atoms with Gasteiger partial charge in [-0.1, -0.05) is 12.8 Å². The molecule has 0 aromatic carbocycles. The van der Waals surface area contributed by atoms with Gasteiger partial charge in [0, 0.05) is 28.9 Å². The highest BCUT2D eigenvalue weighted by Crippen LogP contribution is 2.17. The minimum absolute atomic E-state index is 0.0841. The van der Waals surface area contributed by atoms with Crippen LogP contribution in [0.15, 0.2) is 12.1 Å².